The Morgan fingerprint density at radius 1 is 1.33 bits per heavy atom. The molecule has 0 bridgehead atoms. The smallest absolute Gasteiger partial charge is 0.253 e. The number of aliphatic hydroxyl groups excluding tert-OH is 1. The van der Waals surface area contributed by atoms with Gasteiger partial charge in [0.25, 0.3) is 5.91 Å². The maximum Gasteiger partial charge on any atom is 0.253 e. The van der Waals surface area contributed by atoms with Crippen LogP contribution in [0.15, 0.2) is 24.3 Å². The van der Waals surface area contributed by atoms with E-state index in [2.05, 4.69) is 12.2 Å². The minimum atomic E-state index is -1.07. The summed E-state index contributed by atoms with van der Waals surface area (Å²) >= 11 is 0. The van der Waals surface area contributed by atoms with Crippen LogP contribution in [-0.2, 0) is 4.79 Å². The van der Waals surface area contributed by atoms with Crippen LogP contribution in [0.2, 0.25) is 0 Å². The van der Waals surface area contributed by atoms with Crippen molar-refractivity contribution in [1.29, 1.82) is 0 Å². The monoisotopic (exact) mass is 249 g/mol. The lowest BCUT2D eigenvalue weighted by molar-refractivity contribution is -0.130. The van der Waals surface area contributed by atoms with Gasteiger partial charge in [-0.3, -0.25) is 4.79 Å². The van der Waals surface area contributed by atoms with E-state index >= 15 is 0 Å². The molecule has 1 rings (SSSR count). The summed E-state index contributed by atoms with van der Waals surface area (Å²) in [5.41, 5.74) is 1.62. The first-order valence-electron chi connectivity index (χ1n) is 6.64. The van der Waals surface area contributed by atoms with Crippen LogP contribution < -0.4 is 5.32 Å². The highest BCUT2D eigenvalue weighted by Gasteiger charge is 2.20. The van der Waals surface area contributed by atoms with Crippen molar-refractivity contribution in [3.8, 4) is 0 Å². The summed E-state index contributed by atoms with van der Waals surface area (Å²) in [5.74, 6) is -0.301. The second kappa shape index (κ2) is 7.17. The Kier molecular flexibility index (Phi) is 5.86. The van der Waals surface area contributed by atoms with E-state index in [1.54, 1.807) is 6.07 Å². The quantitative estimate of drug-likeness (QED) is 0.814. The van der Waals surface area contributed by atoms with E-state index in [1.165, 1.54) is 0 Å². The van der Waals surface area contributed by atoms with Gasteiger partial charge in [0.15, 0.2) is 6.10 Å². The molecule has 3 nitrogen and oxygen atoms in total. The highest BCUT2D eigenvalue weighted by atomic mass is 16.3. The van der Waals surface area contributed by atoms with Crippen LogP contribution in [0.1, 0.15) is 50.3 Å². The number of amides is 1. The molecule has 18 heavy (non-hydrogen) atoms. The summed E-state index contributed by atoms with van der Waals surface area (Å²) in [7, 11) is 0. The molecule has 1 aromatic rings. The minimum absolute atomic E-state index is 0.154. The van der Waals surface area contributed by atoms with Crippen molar-refractivity contribution in [2.75, 3.05) is 0 Å². The topological polar surface area (TPSA) is 49.3 Å². The van der Waals surface area contributed by atoms with Gasteiger partial charge in [-0.15, -0.1) is 0 Å². The van der Waals surface area contributed by atoms with Gasteiger partial charge in [-0.2, -0.15) is 0 Å². The number of nitrogens with one attached hydrogen (secondary N) is 1. The molecule has 0 saturated carbocycles. The molecule has 2 N–H and O–H groups in total. The van der Waals surface area contributed by atoms with Gasteiger partial charge < -0.3 is 10.4 Å². The highest BCUT2D eigenvalue weighted by molar-refractivity contribution is 5.82. The van der Waals surface area contributed by atoms with Crippen molar-refractivity contribution < 1.29 is 9.90 Å². The van der Waals surface area contributed by atoms with Crippen molar-refractivity contribution in [3.63, 3.8) is 0 Å². The Hall–Kier alpha value is -1.35. The van der Waals surface area contributed by atoms with Crippen molar-refractivity contribution in [3.05, 3.63) is 35.4 Å². The van der Waals surface area contributed by atoms with Gasteiger partial charge in [0, 0.05) is 6.04 Å². The number of hydrogen-bond acceptors (Lipinski definition) is 2. The Balaban J connectivity index is 2.69. The van der Waals surface area contributed by atoms with Gasteiger partial charge in [0.05, 0.1) is 0 Å². The lowest BCUT2D eigenvalue weighted by atomic mass is 10.0. The molecule has 2 unspecified atom stereocenters. The molecule has 0 aliphatic carbocycles. The van der Waals surface area contributed by atoms with Gasteiger partial charge in [-0.05, 0) is 30.9 Å². The zero-order valence-corrected chi connectivity index (χ0v) is 11.4. The fourth-order valence-corrected chi connectivity index (χ4v) is 2.04. The third-order valence-corrected chi connectivity index (χ3v) is 3.21. The average Bonchev–Trinajstić information content (AvgIpc) is 2.37. The van der Waals surface area contributed by atoms with Crippen LogP contribution in [0.3, 0.4) is 0 Å². The van der Waals surface area contributed by atoms with Crippen molar-refractivity contribution in [2.24, 2.45) is 0 Å². The molecule has 1 aromatic carbocycles. The lowest BCUT2D eigenvalue weighted by Crippen LogP contribution is -2.37. The first-order chi connectivity index (χ1) is 8.60. The fourth-order valence-electron chi connectivity index (χ4n) is 2.04. The average molecular weight is 249 g/mol. The Morgan fingerprint density at radius 2 is 2.00 bits per heavy atom. The van der Waals surface area contributed by atoms with Crippen LogP contribution in [0.4, 0.5) is 0 Å². The van der Waals surface area contributed by atoms with Crippen molar-refractivity contribution in [1.82, 2.24) is 5.32 Å². The van der Waals surface area contributed by atoms with Crippen LogP contribution in [0.5, 0.6) is 0 Å². The largest absolute Gasteiger partial charge is 0.378 e. The summed E-state index contributed by atoms with van der Waals surface area (Å²) in [5, 5.41) is 13.0. The van der Waals surface area contributed by atoms with Crippen molar-refractivity contribution >= 4 is 5.91 Å². The molecule has 3 heteroatoms. The number of aryl methyl sites for hydroxylation is 1. The molecule has 0 aliphatic rings. The van der Waals surface area contributed by atoms with Crippen LogP contribution >= 0.6 is 0 Å². The highest BCUT2D eigenvalue weighted by Crippen LogP contribution is 2.17. The zero-order valence-electron chi connectivity index (χ0n) is 11.4. The lowest BCUT2D eigenvalue weighted by Gasteiger charge is -2.19. The molecule has 0 saturated heterocycles. The fraction of sp³-hybridized carbons (Fsp3) is 0.533. The normalized spacial score (nSPS) is 14.0. The first kappa shape index (κ1) is 14.7. The SMILES string of the molecule is CCCC(CC)NC(=O)C(O)c1ccccc1C. The van der Waals surface area contributed by atoms with Gasteiger partial charge >= 0.3 is 0 Å². The molecule has 0 aliphatic heterocycles. The predicted molar refractivity (Wildman–Crippen MR) is 73.3 cm³/mol. The van der Waals surface area contributed by atoms with E-state index in [0.717, 1.165) is 24.8 Å². The number of carbonyl (C=O) groups is 1. The number of aliphatic hydroxyl groups is 1. The third kappa shape index (κ3) is 3.84. The minimum Gasteiger partial charge on any atom is -0.378 e. The van der Waals surface area contributed by atoms with Gasteiger partial charge in [-0.1, -0.05) is 44.5 Å². The summed E-state index contributed by atoms with van der Waals surface area (Å²) < 4.78 is 0. The molecule has 0 spiro atoms. The first-order valence-corrected chi connectivity index (χ1v) is 6.64. The molecule has 0 aromatic heterocycles. The molecule has 0 heterocycles. The van der Waals surface area contributed by atoms with E-state index in [0.29, 0.717) is 5.56 Å². The molecule has 100 valence electrons. The van der Waals surface area contributed by atoms with E-state index < -0.39 is 6.10 Å². The molecular weight excluding hydrogens is 226 g/mol. The standard InChI is InChI=1S/C15H23NO2/c1-4-8-12(5-2)16-15(18)14(17)13-10-7-6-9-11(13)3/h6-7,9-10,12,14,17H,4-5,8H2,1-3H3,(H,16,18). The maximum absolute atomic E-state index is 12.0. The summed E-state index contributed by atoms with van der Waals surface area (Å²) in [4.78, 5) is 12.0. The Morgan fingerprint density at radius 3 is 2.56 bits per heavy atom. The second-order valence-electron chi connectivity index (χ2n) is 4.66. The van der Waals surface area contributed by atoms with Crippen LogP contribution in [-0.4, -0.2) is 17.1 Å². The Labute approximate surface area is 109 Å². The second-order valence-corrected chi connectivity index (χ2v) is 4.66. The summed E-state index contributed by atoms with van der Waals surface area (Å²) in [6.45, 7) is 6.03. The zero-order chi connectivity index (χ0) is 13.5. The molecular formula is C15H23NO2. The third-order valence-electron chi connectivity index (χ3n) is 3.21. The number of benzene rings is 1. The predicted octanol–water partition coefficient (Wildman–Crippen LogP) is 2.72. The van der Waals surface area contributed by atoms with Crippen molar-refractivity contribution in [2.45, 2.75) is 52.2 Å². The number of hydrogen-bond donors (Lipinski definition) is 2. The number of carbonyl (C=O) groups excluding carboxylic acids is 1. The van der Waals surface area contributed by atoms with Crippen LogP contribution in [0.25, 0.3) is 0 Å². The molecule has 0 radical (unpaired) electrons. The molecule has 2 atom stereocenters. The van der Waals surface area contributed by atoms with E-state index in [1.807, 2.05) is 32.0 Å². The van der Waals surface area contributed by atoms with Gasteiger partial charge in [0.2, 0.25) is 0 Å². The Bertz CT molecular complexity index is 390. The summed E-state index contributed by atoms with van der Waals surface area (Å²) in [6.07, 6.45) is 1.79. The number of rotatable bonds is 6. The molecule has 0 fully saturated rings. The van der Waals surface area contributed by atoms with Gasteiger partial charge in [-0.25, -0.2) is 0 Å². The van der Waals surface area contributed by atoms with E-state index in [4.69, 9.17) is 0 Å². The van der Waals surface area contributed by atoms with Gasteiger partial charge in [0.1, 0.15) is 0 Å². The summed E-state index contributed by atoms with van der Waals surface area (Å²) in [6, 6.07) is 7.58. The van der Waals surface area contributed by atoms with E-state index in [9.17, 15) is 9.90 Å². The molecule has 1 amide bonds. The maximum atomic E-state index is 12.0. The van der Waals surface area contributed by atoms with E-state index in [-0.39, 0.29) is 11.9 Å². The van der Waals surface area contributed by atoms with Crippen LogP contribution in [0, 0.1) is 6.92 Å².